The molecular formula is C13H10N8O6P2. The fourth-order valence-electron chi connectivity index (χ4n) is 2.60. The van der Waals surface area contributed by atoms with Crippen molar-refractivity contribution in [2.24, 2.45) is 5.41 Å². The van der Waals surface area contributed by atoms with E-state index in [0.717, 1.165) is 9.13 Å². The van der Waals surface area contributed by atoms with Crippen molar-refractivity contribution in [3.63, 3.8) is 0 Å². The number of imide groups is 2. The van der Waals surface area contributed by atoms with Gasteiger partial charge in [0.1, 0.15) is 12.7 Å². The van der Waals surface area contributed by atoms with E-state index < -0.39 is 58.9 Å². The quantitative estimate of drug-likeness (QED) is 0.336. The van der Waals surface area contributed by atoms with Gasteiger partial charge in [0.2, 0.25) is 0 Å². The normalized spacial score (nSPS) is 18.1. The molecule has 2 fully saturated rings. The molecule has 29 heavy (non-hydrogen) atoms. The minimum atomic E-state index is -2.40. The third kappa shape index (κ3) is 2.64. The van der Waals surface area contributed by atoms with Crippen LogP contribution in [0.25, 0.3) is 0 Å². The summed E-state index contributed by atoms with van der Waals surface area (Å²) in [6.07, 6.45) is 7.89. The number of carbonyl (C=O) groups is 6. The predicted octanol–water partition coefficient (Wildman–Crippen LogP) is -1.36. The average molecular weight is 436 g/mol. The molecule has 4 rings (SSSR count). The number of hydrogen-bond acceptors (Lipinski definition) is 8. The first-order valence-corrected chi connectivity index (χ1v) is 9.64. The van der Waals surface area contributed by atoms with Crippen LogP contribution in [0.15, 0.2) is 37.4 Å². The van der Waals surface area contributed by atoms with Gasteiger partial charge in [0.25, 0.3) is 29.0 Å². The predicted molar refractivity (Wildman–Crippen MR) is 95.1 cm³/mol. The van der Waals surface area contributed by atoms with E-state index in [0.29, 0.717) is 9.34 Å². The molecule has 2 aromatic heterocycles. The Bertz CT molecular complexity index is 932. The van der Waals surface area contributed by atoms with Gasteiger partial charge < -0.3 is 10.2 Å². The molecule has 4 heterocycles. The number of nitrogens with one attached hydrogen (secondary N) is 2. The lowest BCUT2D eigenvalue weighted by Crippen LogP contribution is -2.81. The average Bonchev–Trinajstić information content (AvgIpc) is 3.42. The van der Waals surface area contributed by atoms with Crippen molar-refractivity contribution in [1.29, 1.82) is 0 Å². The Kier molecular flexibility index (Phi) is 4.44. The Morgan fingerprint density at radius 1 is 0.759 bits per heavy atom. The molecule has 0 radical (unpaired) electrons. The van der Waals surface area contributed by atoms with Crippen LogP contribution >= 0.6 is 17.8 Å². The van der Waals surface area contributed by atoms with E-state index in [1.165, 1.54) is 37.4 Å². The molecule has 2 aliphatic heterocycles. The van der Waals surface area contributed by atoms with Gasteiger partial charge in [-0.1, -0.05) is 0 Å². The van der Waals surface area contributed by atoms with Gasteiger partial charge in [-0.2, -0.15) is 0 Å². The van der Waals surface area contributed by atoms with Crippen LogP contribution in [0.3, 0.4) is 0 Å². The van der Waals surface area contributed by atoms with Crippen LogP contribution in [0, 0.1) is 5.41 Å². The summed E-state index contributed by atoms with van der Waals surface area (Å²) >= 11 is 0. The zero-order chi connectivity index (χ0) is 20.8. The van der Waals surface area contributed by atoms with Crippen molar-refractivity contribution < 1.29 is 28.8 Å². The van der Waals surface area contributed by atoms with E-state index in [-0.39, 0.29) is 0 Å². The van der Waals surface area contributed by atoms with E-state index in [1.807, 2.05) is 0 Å². The molecule has 2 saturated heterocycles. The maximum Gasteiger partial charge on any atom is 0.331 e. The lowest BCUT2D eigenvalue weighted by Gasteiger charge is -2.51. The molecule has 6 amide bonds. The lowest BCUT2D eigenvalue weighted by molar-refractivity contribution is -0.189. The van der Waals surface area contributed by atoms with Gasteiger partial charge in [0, 0.05) is 24.8 Å². The molecule has 0 saturated carbocycles. The lowest BCUT2D eigenvalue weighted by atomic mass is 9.72. The van der Waals surface area contributed by atoms with Crippen molar-refractivity contribution >= 4 is 53.5 Å². The molecule has 0 aromatic carbocycles. The van der Waals surface area contributed by atoms with Crippen LogP contribution in [0.5, 0.6) is 0 Å². The molecule has 0 bridgehead atoms. The first kappa shape index (κ1) is 18.8. The maximum atomic E-state index is 12.3. The number of nitrogens with zero attached hydrogens (tertiary/aromatic N) is 6. The van der Waals surface area contributed by atoms with E-state index in [1.54, 1.807) is 0 Å². The molecule has 0 aliphatic carbocycles. The summed E-state index contributed by atoms with van der Waals surface area (Å²) in [5.41, 5.74) is -2.40. The second-order valence-corrected chi connectivity index (χ2v) is 7.51. The molecule has 16 heteroatoms. The van der Waals surface area contributed by atoms with Crippen molar-refractivity contribution in [1.82, 2.24) is 38.6 Å². The summed E-state index contributed by atoms with van der Waals surface area (Å²) in [6, 6.07) is -1.28. The van der Waals surface area contributed by atoms with Crippen LogP contribution in [0.1, 0.15) is 0 Å². The number of β-lactam (4-membered cyclic amide) rings is 4. The van der Waals surface area contributed by atoms with Crippen LogP contribution in [0.2, 0.25) is 0 Å². The number of amides is 6. The van der Waals surface area contributed by atoms with Gasteiger partial charge in [-0.15, -0.1) is 0 Å². The molecule has 1 spiro atoms. The molecule has 14 nitrogen and oxygen atoms in total. The third-order valence-electron chi connectivity index (χ3n) is 4.12. The second-order valence-electron chi connectivity index (χ2n) is 5.67. The Balaban J connectivity index is 1.35. The van der Waals surface area contributed by atoms with Crippen molar-refractivity contribution in [3.8, 4) is 0 Å². The van der Waals surface area contributed by atoms with E-state index >= 15 is 0 Å². The summed E-state index contributed by atoms with van der Waals surface area (Å²) in [7, 11) is -1.57. The summed E-state index contributed by atoms with van der Waals surface area (Å²) in [5, 5.41) is 4.65. The highest BCUT2D eigenvalue weighted by molar-refractivity contribution is 7.38. The molecular weight excluding hydrogens is 426 g/mol. The molecule has 148 valence electrons. The first-order chi connectivity index (χ1) is 13.9. The molecule has 2 aromatic rings. The molecule has 2 aliphatic rings. The van der Waals surface area contributed by atoms with Gasteiger partial charge in [-0.25, -0.2) is 28.9 Å². The number of carbonyl (C=O) groups excluding carboxylic acids is 6. The zero-order valence-corrected chi connectivity index (χ0v) is 16.1. The van der Waals surface area contributed by atoms with Gasteiger partial charge in [0.05, 0.1) is 17.8 Å². The van der Waals surface area contributed by atoms with Gasteiger partial charge >= 0.3 is 12.1 Å². The van der Waals surface area contributed by atoms with Gasteiger partial charge in [-0.05, 0) is 0 Å². The molecule has 2 atom stereocenters. The number of rotatable bonds is 4. The summed E-state index contributed by atoms with van der Waals surface area (Å²) in [4.78, 5) is 80.4. The standard InChI is InChI=1S/C13H10N8O6P2/c22-7-13(8(23)20(7)28-16-11(26)18-3-1-14-5-18)9(24)21(10(13)25)29-17-12(27)19-4-2-15-6-19/h1-6,28-29H,(H,16,26)(H,17,27). The fourth-order valence-corrected chi connectivity index (χ4v) is 4.35. The largest absolute Gasteiger partial charge is 0.331 e. The third-order valence-corrected chi connectivity index (χ3v) is 6.03. The molecule has 2 unspecified atom stereocenters. The van der Waals surface area contributed by atoms with Crippen LogP contribution in [-0.4, -0.2) is 64.1 Å². The highest BCUT2D eigenvalue weighted by Gasteiger charge is 2.80. The smallest absolute Gasteiger partial charge is 0.301 e. The van der Waals surface area contributed by atoms with E-state index in [2.05, 4.69) is 20.1 Å². The topological polar surface area (TPSA) is 169 Å². The number of imidazole rings is 2. The Morgan fingerprint density at radius 3 is 1.45 bits per heavy atom. The monoisotopic (exact) mass is 436 g/mol. The second kappa shape index (κ2) is 6.83. The van der Waals surface area contributed by atoms with E-state index in [9.17, 15) is 28.8 Å². The summed E-state index contributed by atoms with van der Waals surface area (Å²) < 4.78 is 3.41. The van der Waals surface area contributed by atoms with E-state index in [4.69, 9.17) is 0 Å². The Morgan fingerprint density at radius 2 is 1.14 bits per heavy atom. The van der Waals surface area contributed by atoms with Gasteiger partial charge in [-0.3, -0.25) is 28.3 Å². The van der Waals surface area contributed by atoms with Crippen LogP contribution in [-0.2, 0) is 19.2 Å². The summed E-state index contributed by atoms with van der Waals surface area (Å²) in [5.74, 6) is -4.04. The number of aromatic nitrogens is 4. The highest BCUT2D eigenvalue weighted by Crippen LogP contribution is 2.51. The first-order valence-electron chi connectivity index (χ1n) is 7.75. The minimum Gasteiger partial charge on any atom is -0.301 e. The fraction of sp³-hybridized carbons (Fsp3) is 0.0769. The van der Waals surface area contributed by atoms with Crippen LogP contribution < -0.4 is 10.2 Å². The Hall–Kier alpha value is -3.50. The highest BCUT2D eigenvalue weighted by atomic mass is 31.1. The molecule has 2 N–H and O–H groups in total. The maximum absolute atomic E-state index is 12.3. The zero-order valence-electron chi connectivity index (χ0n) is 14.1. The SMILES string of the molecule is O=C(NPN1C(=O)C2(C1=O)C(=O)N(PNC(=O)n1ccnc1)C2=O)n1ccnc1. The Labute approximate surface area is 164 Å². The van der Waals surface area contributed by atoms with Gasteiger partial charge in [0.15, 0.2) is 0 Å². The number of hydrogen-bond donors (Lipinski definition) is 2. The van der Waals surface area contributed by atoms with Crippen LogP contribution in [0.4, 0.5) is 9.59 Å². The van der Waals surface area contributed by atoms with Crippen molar-refractivity contribution in [2.75, 3.05) is 0 Å². The summed E-state index contributed by atoms with van der Waals surface area (Å²) in [6.45, 7) is 0. The van der Waals surface area contributed by atoms with Crippen molar-refractivity contribution in [2.45, 2.75) is 0 Å². The minimum absolute atomic E-state index is 0.620. The van der Waals surface area contributed by atoms with Crippen molar-refractivity contribution in [3.05, 3.63) is 37.4 Å².